The Morgan fingerprint density at radius 3 is 2.88 bits per heavy atom. The van der Waals surface area contributed by atoms with Crippen molar-refractivity contribution in [2.24, 2.45) is 4.99 Å². The van der Waals surface area contributed by atoms with Gasteiger partial charge in [0, 0.05) is 30.7 Å². The molecule has 0 radical (unpaired) electrons. The summed E-state index contributed by atoms with van der Waals surface area (Å²) in [4.78, 5) is 7.13. The van der Waals surface area contributed by atoms with Gasteiger partial charge in [-0.1, -0.05) is 28.1 Å². The minimum absolute atomic E-state index is 0. The van der Waals surface area contributed by atoms with Crippen LogP contribution in [0, 0.1) is 0 Å². The van der Waals surface area contributed by atoms with Crippen LogP contribution in [0.1, 0.15) is 25.3 Å². The summed E-state index contributed by atoms with van der Waals surface area (Å²) >= 11 is 3.52. The molecule has 0 amide bonds. The fourth-order valence-electron chi connectivity index (χ4n) is 3.22. The molecule has 2 saturated heterocycles. The fraction of sp³-hybridized carbons (Fsp3) is 0.611. The first-order chi connectivity index (χ1) is 11.8. The number of rotatable bonds is 4. The van der Waals surface area contributed by atoms with Gasteiger partial charge in [-0.25, -0.2) is 4.99 Å². The number of benzene rings is 1. The highest BCUT2D eigenvalue weighted by atomic mass is 127. The van der Waals surface area contributed by atoms with Crippen molar-refractivity contribution in [3.63, 3.8) is 0 Å². The predicted molar refractivity (Wildman–Crippen MR) is 115 cm³/mol. The SMILES string of the molecule is CCNC(=NCc1cccc(Br)c1)N1CCOC(C2CCCO2)C1.I. The molecule has 2 heterocycles. The smallest absolute Gasteiger partial charge is 0.194 e. The molecule has 2 aliphatic rings. The van der Waals surface area contributed by atoms with Crippen LogP contribution in [-0.2, 0) is 16.0 Å². The van der Waals surface area contributed by atoms with Crippen LogP contribution >= 0.6 is 39.9 Å². The summed E-state index contributed by atoms with van der Waals surface area (Å²) in [6.07, 6.45) is 2.63. The standard InChI is InChI=1S/C18H26BrN3O2.HI/c1-2-20-18(21-12-14-5-3-6-15(19)11-14)22-8-10-24-17(13-22)16-7-4-9-23-16;/h3,5-6,11,16-17H,2,4,7-10,12-13H2,1H3,(H,20,21);1H. The predicted octanol–water partition coefficient (Wildman–Crippen LogP) is 3.41. The maximum atomic E-state index is 5.94. The van der Waals surface area contributed by atoms with Crippen molar-refractivity contribution in [1.82, 2.24) is 10.2 Å². The molecule has 7 heteroatoms. The molecule has 2 unspecified atom stereocenters. The first-order valence-electron chi connectivity index (χ1n) is 8.77. The molecule has 3 rings (SSSR count). The third-order valence-electron chi connectivity index (χ3n) is 4.41. The number of guanidine groups is 1. The Bertz CT molecular complexity index is 567. The quantitative estimate of drug-likeness (QED) is 0.373. The van der Waals surface area contributed by atoms with Crippen molar-refractivity contribution in [1.29, 1.82) is 0 Å². The lowest BCUT2D eigenvalue weighted by Crippen LogP contribution is -2.53. The van der Waals surface area contributed by atoms with Crippen LogP contribution in [0.3, 0.4) is 0 Å². The minimum atomic E-state index is 0. The van der Waals surface area contributed by atoms with Crippen molar-refractivity contribution >= 4 is 45.9 Å². The topological polar surface area (TPSA) is 46.1 Å². The molecule has 0 spiro atoms. The number of nitrogens with zero attached hydrogens (tertiary/aromatic N) is 2. The summed E-state index contributed by atoms with van der Waals surface area (Å²) in [7, 11) is 0. The first-order valence-corrected chi connectivity index (χ1v) is 9.56. The average Bonchev–Trinajstić information content (AvgIpc) is 3.13. The second-order valence-electron chi connectivity index (χ2n) is 6.21. The Hall–Kier alpha value is -0.380. The number of nitrogens with one attached hydrogen (secondary N) is 1. The molecule has 2 aliphatic heterocycles. The molecule has 0 bridgehead atoms. The molecule has 25 heavy (non-hydrogen) atoms. The van der Waals surface area contributed by atoms with E-state index in [-0.39, 0.29) is 36.2 Å². The van der Waals surface area contributed by atoms with Crippen LogP contribution < -0.4 is 5.32 Å². The van der Waals surface area contributed by atoms with E-state index in [1.807, 2.05) is 12.1 Å². The second-order valence-corrected chi connectivity index (χ2v) is 7.12. The monoisotopic (exact) mass is 523 g/mol. The Morgan fingerprint density at radius 2 is 2.16 bits per heavy atom. The zero-order valence-electron chi connectivity index (χ0n) is 14.6. The van der Waals surface area contributed by atoms with E-state index in [9.17, 15) is 0 Å². The molecule has 2 fully saturated rings. The average molecular weight is 524 g/mol. The third kappa shape index (κ3) is 6.08. The maximum Gasteiger partial charge on any atom is 0.194 e. The van der Waals surface area contributed by atoms with Gasteiger partial charge in [-0.05, 0) is 37.5 Å². The fourth-order valence-corrected chi connectivity index (χ4v) is 3.66. The Morgan fingerprint density at radius 1 is 1.32 bits per heavy atom. The number of hydrogen-bond donors (Lipinski definition) is 1. The third-order valence-corrected chi connectivity index (χ3v) is 4.90. The number of morpholine rings is 1. The molecular formula is C18H27BrIN3O2. The van der Waals surface area contributed by atoms with Crippen LogP contribution in [0.5, 0.6) is 0 Å². The van der Waals surface area contributed by atoms with E-state index < -0.39 is 0 Å². The highest BCUT2D eigenvalue weighted by Gasteiger charge is 2.32. The lowest BCUT2D eigenvalue weighted by Gasteiger charge is -2.37. The Balaban J connectivity index is 0.00000225. The van der Waals surface area contributed by atoms with Gasteiger partial charge in [0.15, 0.2) is 5.96 Å². The van der Waals surface area contributed by atoms with Crippen molar-refractivity contribution < 1.29 is 9.47 Å². The van der Waals surface area contributed by atoms with Gasteiger partial charge in [0.2, 0.25) is 0 Å². The van der Waals surface area contributed by atoms with Gasteiger partial charge < -0.3 is 19.7 Å². The number of ether oxygens (including phenoxy) is 2. The molecule has 2 atom stereocenters. The summed E-state index contributed by atoms with van der Waals surface area (Å²) in [6.45, 7) is 6.94. The minimum Gasteiger partial charge on any atom is -0.375 e. The second kappa shape index (κ2) is 10.7. The van der Waals surface area contributed by atoms with E-state index in [1.54, 1.807) is 0 Å². The molecule has 0 saturated carbocycles. The van der Waals surface area contributed by atoms with Gasteiger partial charge in [-0.3, -0.25) is 0 Å². The first kappa shape index (κ1) is 20.9. The van der Waals surface area contributed by atoms with Gasteiger partial charge in [-0.2, -0.15) is 0 Å². The van der Waals surface area contributed by atoms with Crippen molar-refractivity contribution in [3.8, 4) is 0 Å². The molecule has 5 nitrogen and oxygen atoms in total. The molecule has 0 aromatic heterocycles. The Kier molecular flexibility index (Phi) is 8.95. The largest absolute Gasteiger partial charge is 0.375 e. The Labute approximate surface area is 175 Å². The molecule has 1 N–H and O–H groups in total. The molecule has 1 aromatic rings. The van der Waals surface area contributed by atoms with Crippen LogP contribution in [0.4, 0.5) is 0 Å². The normalized spacial score (nSPS) is 24.1. The number of halogens is 2. The highest BCUT2D eigenvalue weighted by molar-refractivity contribution is 14.0. The van der Waals surface area contributed by atoms with Crippen molar-refractivity contribution in [2.75, 3.05) is 32.8 Å². The summed E-state index contributed by atoms with van der Waals surface area (Å²) in [5.74, 6) is 0.962. The maximum absolute atomic E-state index is 5.94. The van der Waals surface area contributed by atoms with E-state index in [0.717, 1.165) is 56.1 Å². The van der Waals surface area contributed by atoms with Crippen LogP contribution in [0.25, 0.3) is 0 Å². The zero-order chi connectivity index (χ0) is 16.8. The molecule has 1 aromatic carbocycles. The van der Waals surface area contributed by atoms with Gasteiger partial charge >= 0.3 is 0 Å². The summed E-state index contributed by atoms with van der Waals surface area (Å²) in [5.41, 5.74) is 1.20. The van der Waals surface area contributed by atoms with Gasteiger partial charge in [0.05, 0.1) is 19.3 Å². The molecule has 0 aliphatic carbocycles. The summed E-state index contributed by atoms with van der Waals surface area (Å²) in [5, 5.41) is 3.42. The van der Waals surface area contributed by atoms with E-state index in [0.29, 0.717) is 6.54 Å². The van der Waals surface area contributed by atoms with E-state index in [1.165, 1.54) is 5.56 Å². The summed E-state index contributed by atoms with van der Waals surface area (Å²) < 4.78 is 12.8. The zero-order valence-corrected chi connectivity index (χ0v) is 18.5. The number of hydrogen-bond acceptors (Lipinski definition) is 3. The van der Waals surface area contributed by atoms with Gasteiger partial charge in [-0.15, -0.1) is 24.0 Å². The van der Waals surface area contributed by atoms with Crippen molar-refractivity contribution in [3.05, 3.63) is 34.3 Å². The molecular weight excluding hydrogens is 497 g/mol. The van der Waals surface area contributed by atoms with Crippen LogP contribution in [0.15, 0.2) is 33.7 Å². The van der Waals surface area contributed by atoms with E-state index >= 15 is 0 Å². The van der Waals surface area contributed by atoms with Gasteiger partial charge in [0.25, 0.3) is 0 Å². The van der Waals surface area contributed by atoms with Gasteiger partial charge in [0.1, 0.15) is 6.10 Å². The lowest BCUT2D eigenvalue weighted by molar-refractivity contribution is -0.0817. The van der Waals surface area contributed by atoms with Crippen molar-refractivity contribution in [2.45, 2.75) is 38.5 Å². The van der Waals surface area contributed by atoms with E-state index in [2.05, 4.69) is 45.2 Å². The highest BCUT2D eigenvalue weighted by Crippen LogP contribution is 2.21. The summed E-state index contributed by atoms with van der Waals surface area (Å²) in [6, 6.07) is 8.30. The molecule has 140 valence electrons. The van der Waals surface area contributed by atoms with Crippen LogP contribution in [-0.4, -0.2) is 55.9 Å². The lowest BCUT2D eigenvalue weighted by atomic mass is 10.1. The van der Waals surface area contributed by atoms with E-state index in [4.69, 9.17) is 14.5 Å². The van der Waals surface area contributed by atoms with Crippen LogP contribution in [0.2, 0.25) is 0 Å². The number of aliphatic imine (C=N–C) groups is 1.